The lowest BCUT2D eigenvalue weighted by Gasteiger charge is -2.27. The molecule has 0 aliphatic carbocycles. The van der Waals surface area contributed by atoms with Crippen molar-refractivity contribution >= 4 is 21.7 Å². The molecule has 1 saturated heterocycles. The summed E-state index contributed by atoms with van der Waals surface area (Å²) >= 11 is 0. The average molecular weight is 369 g/mol. The van der Waals surface area contributed by atoms with Crippen LogP contribution in [0.15, 0.2) is 18.2 Å². The van der Waals surface area contributed by atoms with Crippen molar-refractivity contribution < 1.29 is 27.9 Å². The SMILES string of the molecule is CCCN(C(=O)COC(=O)c1cc(C)ccc1O)[C@H]1CCS(=O)(=O)C1. The number of aromatic hydroxyl groups is 1. The Hall–Kier alpha value is -2.09. The van der Waals surface area contributed by atoms with Crippen LogP contribution in [0.1, 0.15) is 35.7 Å². The molecule has 1 amide bonds. The van der Waals surface area contributed by atoms with Crippen molar-refractivity contribution in [2.75, 3.05) is 24.7 Å². The Morgan fingerprint density at radius 2 is 2.08 bits per heavy atom. The topological polar surface area (TPSA) is 101 Å². The predicted octanol–water partition coefficient (Wildman–Crippen LogP) is 1.28. The van der Waals surface area contributed by atoms with Crippen molar-refractivity contribution in [2.45, 2.75) is 32.7 Å². The maximum atomic E-state index is 12.4. The van der Waals surface area contributed by atoms with Crippen molar-refractivity contribution in [3.63, 3.8) is 0 Å². The highest BCUT2D eigenvalue weighted by molar-refractivity contribution is 7.91. The van der Waals surface area contributed by atoms with Gasteiger partial charge in [0.05, 0.1) is 11.5 Å². The third-order valence-corrected chi connectivity index (χ3v) is 5.88. The lowest BCUT2D eigenvalue weighted by molar-refractivity contribution is -0.136. The summed E-state index contributed by atoms with van der Waals surface area (Å²) in [6.07, 6.45) is 1.08. The number of hydrogen-bond acceptors (Lipinski definition) is 6. The fraction of sp³-hybridized carbons (Fsp3) is 0.529. The minimum absolute atomic E-state index is 0.00159. The summed E-state index contributed by atoms with van der Waals surface area (Å²) in [6, 6.07) is 4.15. The zero-order valence-electron chi connectivity index (χ0n) is 14.4. The van der Waals surface area contributed by atoms with E-state index < -0.39 is 28.3 Å². The first kappa shape index (κ1) is 19.2. The zero-order valence-corrected chi connectivity index (χ0v) is 15.2. The number of aryl methyl sites for hydroxylation is 1. The van der Waals surface area contributed by atoms with E-state index in [9.17, 15) is 23.1 Å². The van der Waals surface area contributed by atoms with Crippen LogP contribution in [0.3, 0.4) is 0 Å². The Bertz CT molecular complexity index is 758. The van der Waals surface area contributed by atoms with E-state index in [0.717, 1.165) is 5.56 Å². The molecule has 0 spiro atoms. The van der Waals surface area contributed by atoms with Crippen LogP contribution >= 0.6 is 0 Å². The molecule has 138 valence electrons. The summed E-state index contributed by atoms with van der Waals surface area (Å²) in [5.41, 5.74) is 0.776. The molecule has 0 radical (unpaired) electrons. The summed E-state index contributed by atoms with van der Waals surface area (Å²) in [4.78, 5) is 26.0. The van der Waals surface area contributed by atoms with E-state index in [-0.39, 0.29) is 28.9 Å². The molecule has 1 aliphatic heterocycles. The quantitative estimate of drug-likeness (QED) is 0.758. The normalized spacial score (nSPS) is 18.7. The largest absolute Gasteiger partial charge is 0.507 e. The van der Waals surface area contributed by atoms with Gasteiger partial charge in [-0.1, -0.05) is 18.6 Å². The Morgan fingerprint density at radius 3 is 2.68 bits per heavy atom. The summed E-state index contributed by atoms with van der Waals surface area (Å²) in [6.45, 7) is 3.58. The number of rotatable bonds is 6. The molecule has 1 heterocycles. The molecule has 8 heteroatoms. The van der Waals surface area contributed by atoms with Gasteiger partial charge in [-0.2, -0.15) is 0 Å². The molecular weight excluding hydrogens is 346 g/mol. The van der Waals surface area contributed by atoms with Crippen LogP contribution in [0.4, 0.5) is 0 Å². The number of phenolic OH excluding ortho intramolecular Hbond substituents is 1. The standard InChI is InChI=1S/C17H23NO6S/c1-3-7-18(13-6-8-25(22,23)11-13)16(20)10-24-17(21)14-9-12(2)4-5-15(14)19/h4-5,9,13,19H,3,6-8,10-11H2,1-2H3/t13-/m0/s1. The van der Waals surface area contributed by atoms with Crippen LogP contribution in [0.2, 0.25) is 0 Å². The van der Waals surface area contributed by atoms with Gasteiger partial charge in [0.15, 0.2) is 16.4 Å². The summed E-state index contributed by atoms with van der Waals surface area (Å²) in [7, 11) is -3.11. The number of carbonyl (C=O) groups is 2. The van der Waals surface area contributed by atoms with Crippen molar-refractivity contribution in [1.82, 2.24) is 4.90 Å². The fourth-order valence-electron chi connectivity index (χ4n) is 2.87. The van der Waals surface area contributed by atoms with Gasteiger partial charge >= 0.3 is 5.97 Å². The number of esters is 1. The van der Waals surface area contributed by atoms with Crippen LogP contribution in [-0.4, -0.2) is 61.0 Å². The molecule has 2 rings (SSSR count). The third-order valence-electron chi connectivity index (χ3n) is 4.13. The number of ether oxygens (including phenoxy) is 1. The highest BCUT2D eigenvalue weighted by atomic mass is 32.2. The second-order valence-corrected chi connectivity index (χ2v) is 8.47. The monoisotopic (exact) mass is 369 g/mol. The second kappa shape index (κ2) is 7.86. The van der Waals surface area contributed by atoms with Gasteiger partial charge in [0, 0.05) is 12.6 Å². The van der Waals surface area contributed by atoms with E-state index in [4.69, 9.17) is 4.74 Å². The first-order valence-corrected chi connectivity index (χ1v) is 10.0. The number of sulfone groups is 1. The number of phenols is 1. The summed E-state index contributed by atoms with van der Waals surface area (Å²) in [5.74, 6) is -1.40. The van der Waals surface area contributed by atoms with E-state index in [1.54, 1.807) is 13.0 Å². The maximum Gasteiger partial charge on any atom is 0.342 e. The van der Waals surface area contributed by atoms with E-state index in [0.29, 0.717) is 19.4 Å². The van der Waals surface area contributed by atoms with E-state index in [1.807, 2.05) is 6.92 Å². The van der Waals surface area contributed by atoms with Gasteiger partial charge < -0.3 is 14.7 Å². The van der Waals surface area contributed by atoms with Crippen molar-refractivity contribution in [2.24, 2.45) is 0 Å². The Morgan fingerprint density at radius 1 is 1.36 bits per heavy atom. The summed E-state index contributed by atoms with van der Waals surface area (Å²) < 4.78 is 28.3. The van der Waals surface area contributed by atoms with Crippen LogP contribution in [-0.2, 0) is 19.4 Å². The van der Waals surface area contributed by atoms with Crippen molar-refractivity contribution in [1.29, 1.82) is 0 Å². The molecule has 0 unspecified atom stereocenters. The van der Waals surface area contributed by atoms with E-state index in [1.165, 1.54) is 17.0 Å². The number of hydrogen-bond donors (Lipinski definition) is 1. The van der Waals surface area contributed by atoms with Gasteiger partial charge in [0.1, 0.15) is 11.3 Å². The second-order valence-electron chi connectivity index (χ2n) is 6.24. The minimum atomic E-state index is -3.11. The summed E-state index contributed by atoms with van der Waals surface area (Å²) in [5, 5.41) is 9.73. The predicted molar refractivity (Wildman–Crippen MR) is 92.2 cm³/mol. The van der Waals surface area contributed by atoms with Gasteiger partial charge in [0.2, 0.25) is 0 Å². The van der Waals surface area contributed by atoms with Gasteiger partial charge in [-0.25, -0.2) is 13.2 Å². The molecule has 1 N–H and O–H groups in total. The average Bonchev–Trinajstić information content (AvgIpc) is 2.91. The van der Waals surface area contributed by atoms with Crippen LogP contribution in [0.25, 0.3) is 0 Å². The Kier molecular flexibility index (Phi) is 6.05. The first-order chi connectivity index (χ1) is 11.7. The number of benzene rings is 1. The molecule has 0 bridgehead atoms. The Labute approximate surface area is 147 Å². The van der Waals surface area contributed by atoms with Crippen molar-refractivity contribution in [3.8, 4) is 5.75 Å². The maximum absolute atomic E-state index is 12.4. The first-order valence-electron chi connectivity index (χ1n) is 8.20. The van der Waals surface area contributed by atoms with E-state index in [2.05, 4.69) is 0 Å². The van der Waals surface area contributed by atoms with Crippen LogP contribution in [0.5, 0.6) is 5.75 Å². The van der Waals surface area contributed by atoms with Gasteiger partial charge in [0.25, 0.3) is 5.91 Å². The number of carbonyl (C=O) groups excluding carboxylic acids is 2. The number of nitrogens with zero attached hydrogens (tertiary/aromatic N) is 1. The smallest absolute Gasteiger partial charge is 0.342 e. The molecule has 1 aromatic rings. The molecule has 1 aliphatic rings. The highest BCUT2D eigenvalue weighted by Gasteiger charge is 2.34. The highest BCUT2D eigenvalue weighted by Crippen LogP contribution is 2.20. The van der Waals surface area contributed by atoms with Gasteiger partial charge in [-0.05, 0) is 31.9 Å². The van der Waals surface area contributed by atoms with Crippen molar-refractivity contribution in [3.05, 3.63) is 29.3 Å². The fourth-order valence-corrected chi connectivity index (χ4v) is 4.61. The zero-order chi connectivity index (χ0) is 18.6. The minimum Gasteiger partial charge on any atom is -0.507 e. The lowest BCUT2D eigenvalue weighted by atomic mass is 10.1. The van der Waals surface area contributed by atoms with Crippen LogP contribution in [0, 0.1) is 6.92 Å². The molecule has 0 saturated carbocycles. The molecule has 25 heavy (non-hydrogen) atoms. The third kappa shape index (κ3) is 4.94. The van der Waals surface area contributed by atoms with Gasteiger partial charge in [-0.3, -0.25) is 4.79 Å². The van der Waals surface area contributed by atoms with Crippen LogP contribution < -0.4 is 0 Å². The number of amides is 1. The van der Waals surface area contributed by atoms with E-state index >= 15 is 0 Å². The molecule has 0 aromatic heterocycles. The molecule has 1 fully saturated rings. The lowest BCUT2D eigenvalue weighted by Crippen LogP contribution is -2.43. The molecule has 7 nitrogen and oxygen atoms in total. The van der Waals surface area contributed by atoms with Gasteiger partial charge in [-0.15, -0.1) is 0 Å². The Balaban J connectivity index is 2.01. The molecule has 1 atom stereocenters. The molecule has 1 aromatic carbocycles. The molecular formula is C17H23NO6S.